The topological polar surface area (TPSA) is 63.1 Å². The van der Waals surface area contributed by atoms with E-state index >= 15 is 0 Å². The number of carbonyl (C=O) groups is 1. The molecule has 1 fully saturated rings. The molecular weight excluding hydrogens is 350 g/mol. The number of carbonyl (C=O) groups excluding carboxylic acids is 1. The van der Waals surface area contributed by atoms with E-state index in [4.69, 9.17) is 0 Å². The molecule has 2 amide bonds. The van der Waals surface area contributed by atoms with Gasteiger partial charge in [0.1, 0.15) is 12.7 Å². The van der Waals surface area contributed by atoms with Crippen molar-refractivity contribution in [3.8, 4) is 5.69 Å². The highest BCUT2D eigenvalue weighted by Crippen LogP contribution is 2.47. The standard InChI is InChI=1S/C22H25N5O/c1-17(18-8-10-20(11-9-18)27-16-23-15-25-27)26(2)21(28)24-14-22(12-13-22)19-6-4-3-5-7-19/h3-11,15-17H,12-14H2,1-2H3,(H,24,28)/t17-/m1/s1. The Labute approximate surface area is 165 Å². The molecule has 0 saturated heterocycles. The number of aromatic nitrogens is 3. The van der Waals surface area contributed by atoms with E-state index in [0.717, 1.165) is 24.1 Å². The maximum absolute atomic E-state index is 12.7. The second-order valence-corrected chi connectivity index (χ2v) is 7.52. The van der Waals surface area contributed by atoms with Crippen LogP contribution in [0.1, 0.15) is 36.9 Å². The number of amides is 2. The molecule has 0 spiro atoms. The fourth-order valence-electron chi connectivity index (χ4n) is 3.53. The molecule has 2 aromatic carbocycles. The van der Waals surface area contributed by atoms with Crippen molar-refractivity contribution in [3.05, 3.63) is 78.4 Å². The first kappa shape index (κ1) is 18.2. The van der Waals surface area contributed by atoms with Gasteiger partial charge in [0.2, 0.25) is 0 Å². The van der Waals surface area contributed by atoms with Crippen LogP contribution in [-0.2, 0) is 5.41 Å². The molecule has 1 atom stereocenters. The molecule has 3 aromatic rings. The van der Waals surface area contributed by atoms with Crippen molar-refractivity contribution in [2.24, 2.45) is 0 Å². The van der Waals surface area contributed by atoms with Crippen LogP contribution in [0.3, 0.4) is 0 Å². The summed E-state index contributed by atoms with van der Waals surface area (Å²) in [7, 11) is 1.84. The maximum Gasteiger partial charge on any atom is 0.317 e. The van der Waals surface area contributed by atoms with E-state index in [-0.39, 0.29) is 17.5 Å². The van der Waals surface area contributed by atoms with E-state index in [2.05, 4.69) is 39.7 Å². The lowest BCUT2D eigenvalue weighted by molar-refractivity contribution is 0.193. The summed E-state index contributed by atoms with van der Waals surface area (Å²) in [5.41, 5.74) is 3.44. The Hall–Kier alpha value is -3.15. The average molecular weight is 375 g/mol. The van der Waals surface area contributed by atoms with E-state index in [1.165, 1.54) is 11.9 Å². The molecule has 1 saturated carbocycles. The Morgan fingerprint density at radius 2 is 1.89 bits per heavy atom. The van der Waals surface area contributed by atoms with Crippen molar-refractivity contribution in [1.29, 1.82) is 0 Å². The number of rotatable bonds is 6. The summed E-state index contributed by atoms with van der Waals surface area (Å²) < 4.78 is 1.71. The first-order valence-electron chi connectivity index (χ1n) is 9.60. The van der Waals surface area contributed by atoms with E-state index in [0.29, 0.717) is 6.54 Å². The van der Waals surface area contributed by atoms with Gasteiger partial charge in [0, 0.05) is 19.0 Å². The second-order valence-electron chi connectivity index (χ2n) is 7.52. The Balaban J connectivity index is 1.37. The first-order chi connectivity index (χ1) is 13.6. The van der Waals surface area contributed by atoms with Gasteiger partial charge in [-0.05, 0) is 43.0 Å². The molecule has 144 valence electrons. The van der Waals surface area contributed by atoms with E-state index in [9.17, 15) is 4.79 Å². The minimum atomic E-state index is -0.0462. The van der Waals surface area contributed by atoms with Gasteiger partial charge in [-0.1, -0.05) is 42.5 Å². The lowest BCUT2D eigenvalue weighted by atomic mass is 9.96. The highest BCUT2D eigenvalue weighted by molar-refractivity contribution is 5.74. The van der Waals surface area contributed by atoms with Gasteiger partial charge in [-0.25, -0.2) is 14.5 Å². The first-order valence-corrected chi connectivity index (χ1v) is 9.60. The fraction of sp³-hybridized carbons (Fsp3) is 0.318. The summed E-state index contributed by atoms with van der Waals surface area (Å²) in [6.07, 6.45) is 5.43. The molecule has 1 heterocycles. The predicted molar refractivity (Wildman–Crippen MR) is 108 cm³/mol. The quantitative estimate of drug-likeness (QED) is 0.714. The van der Waals surface area contributed by atoms with Crippen LogP contribution in [0.5, 0.6) is 0 Å². The zero-order valence-corrected chi connectivity index (χ0v) is 16.2. The number of nitrogens with zero attached hydrogens (tertiary/aromatic N) is 4. The summed E-state index contributed by atoms with van der Waals surface area (Å²) in [6.45, 7) is 2.71. The molecule has 0 aliphatic heterocycles. The van der Waals surface area contributed by atoms with Gasteiger partial charge >= 0.3 is 6.03 Å². The Kier molecular flexibility index (Phi) is 4.86. The van der Waals surface area contributed by atoms with Crippen LogP contribution in [0.15, 0.2) is 67.3 Å². The predicted octanol–water partition coefficient (Wildman–Crippen LogP) is 3.70. The number of hydrogen-bond donors (Lipinski definition) is 1. The smallest absolute Gasteiger partial charge is 0.317 e. The third kappa shape index (κ3) is 3.63. The zero-order chi connectivity index (χ0) is 19.6. The summed E-state index contributed by atoms with van der Waals surface area (Å²) in [4.78, 5) is 18.4. The van der Waals surface area contributed by atoms with Crippen molar-refractivity contribution in [1.82, 2.24) is 25.0 Å². The fourth-order valence-corrected chi connectivity index (χ4v) is 3.53. The number of nitrogens with one attached hydrogen (secondary N) is 1. The van der Waals surface area contributed by atoms with Crippen LogP contribution in [-0.4, -0.2) is 39.3 Å². The molecule has 28 heavy (non-hydrogen) atoms. The highest BCUT2D eigenvalue weighted by Gasteiger charge is 2.44. The maximum atomic E-state index is 12.7. The van der Waals surface area contributed by atoms with Crippen molar-refractivity contribution < 1.29 is 4.79 Å². The molecule has 0 radical (unpaired) electrons. The molecule has 6 heteroatoms. The van der Waals surface area contributed by atoms with Crippen LogP contribution in [0.25, 0.3) is 5.69 Å². The van der Waals surface area contributed by atoms with Crippen molar-refractivity contribution in [2.75, 3.05) is 13.6 Å². The van der Waals surface area contributed by atoms with Crippen molar-refractivity contribution >= 4 is 6.03 Å². The molecule has 4 rings (SSSR count). The molecule has 0 bridgehead atoms. The van der Waals surface area contributed by atoms with Crippen LogP contribution < -0.4 is 5.32 Å². The summed E-state index contributed by atoms with van der Waals surface area (Å²) in [5.74, 6) is 0. The van der Waals surface area contributed by atoms with Crippen molar-refractivity contribution in [3.63, 3.8) is 0 Å². The van der Waals surface area contributed by atoms with Crippen LogP contribution >= 0.6 is 0 Å². The molecule has 6 nitrogen and oxygen atoms in total. The SMILES string of the molecule is C[C@H](c1ccc(-n2cncn2)cc1)N(C)C(=O)NCC1(c2ccccc2)CC1. The van der Waals surface area contributed by atoms with Gasteiger partial charge in [0.25, 0.3) is 0 Å². The molecule has 1 aliphatic carbocycles. The van der Waals surface area contributed by atoms with Gasteiger partial charge in [-0.3, -0.25) is 0 Å². The van der Waals surface area contributed by atoms with Crippen LogP contribution in [0.2, 0.25) is 0 Å². The number of hydrogen-bond acceptors (Lipinski definition) is 3. The summed E-state index contributed by atoms with van der Waals surface area (Å²) >= 11 is 0. The highest BCUT2D eigenvalue weighted by atomic mass is 16.2. The van der Waals surface area contributed by atoms with Crippen LogP contribution in [0, 0.1) is 0 Å². The van der Waals surface area contributed by atoms with Gasteiger partial charge < -0.3 is 10.2 Å². The van der Waals surface area contributed by atoms with Crippen molar-refractivity contribution in [2.45, 2.75) is 31.2 Å². The minimum Gasteiger partial charge on any atom is -0.337 e. The molecule has 0 unspecified atom stereocenters. The second kappa shape index (κ2) is 7.46. The molecular formula is C22H25N5O. The molecule has 1 aromatic heterocycles. The van der Waals surface area contributed by atoms with Gasteiger partial charge in [-0.15, -0.1) is 0 Å². The monoisotopic (exact) mass is 375 g/mol. The normalized spacial score (nSPS) is 15.6. The van der Waals surface area contributed by atoms with Gasteiger partial charge in [0.05, 0.1) is 11.7 Å². The third-order valence-corrected chi connectivity index (χ3v) is 5.78. The van der Waals surface area contributed by atoms with Gasteiger partial charge in [0.15, 0.2) is 0 Å². The average Bonchev–Trinajstić information content (AvgIpc) is 3.35. The van der Waals surface area contributed by atoms with E-state index < -0.39 is 0 Å². The van der Waals surface area contributed by atoms with E-state index in [1.807, 2.05) is 44.3 Å². The summed E-state index contributed by atoms with van der Waals surface area (Å²) in [6, 6.07) is 18.4. The number of urea groups is 1. The van der Waals surface area contributed by atoms with E-state index in [1.54, 1.807) is 15.9 Å². The molecule has 1 N–H and O–H groups in total. The van der Waals surface area contributed by atoms with Crippen LogP contribution in [0.4, 0.5) is 4.79 Å². The zero-order valence-electron chi connectivity index (χ0n) is 16.2. The Bertz CT molecular complexity index is 917. The lowest BCUT2D eigenvalue weighted by Crippen LogP contribution is -2.42. The Morgan fingerprint density at radius 3 is 2.50 bits per heavy atom. The lowest BCUT2D eigenvalue weighted by Gasteiger charge is -2.27. The minimum absolute atomic E-state index is 0.0309. The summed E-state index contributed by atoms with van der Waals surface area (Å²) in [5, 5.41) is 7.27. The number of benzene rings is 2. The Morgan fingerprint density at radius 1 is 1.18 bits per heavy atom. The third-order valence-electron chi connectivity index (χ3n) is 5.78. The molecule has 1 aliphatic rings. The largest absolute Gasteiger partial charge is 0.337 e. The van der Waals surface area contributed by atoms with Gasteiger partial charge in [-0.2, -0.15) is 5.10 Å².